The standard InChI is InChI=1S/C20H15BrN6O/c1-10-24-16-5-3-13(8-17(16)25-10)27-20(22)14(9-23-27)19(28)18-7-11-6-12(21)2-4-15(11)26-18/h2-9,26H,22H2,1H3,(H,24,25). The van der Waals surface area contributed by atoms with Crippen molar-refractivity contribution in [3.05, 3.63) is 70.2 Å². The van der Waals surface area contributed by atoms with E-state index in [1.54, 1.807) is 4.68 Å². The van der Waals surface area contributed by atoms with E-state index in [4.69, 9.17) is 5.73 Å². The topological polar surface area (TPSA) is 105 Å². The minimum Gasteiger partial charge on any atom is -0.383 e. The van der Waals surface area contributed by atoms with Crippen LogP contribution in [-0.2, 0) is 0 Å². The molecule has 0 aliphatic heterocycles. The molecule has 5 aromatic rings. The van der Waals surface area contributed by atoms with Crippen LogP contribution in [0.25, 0.3) is 27.6 Å². The van der Waals surface area contributed by atoms with Gasteiger partial charge in [-0.25, -0.2) is 9.67 Å². The molecule has 0 fully saturated rings. The number of ketones is 1. The number of fused-ring (bicyclic) bond motifs is 2. The van der Waals surface area contributed by atoms with Crippen molar-refractivity contribution in [2.24, 2.45) is 0 Å². The molecule has 7 nitrogen and oxygen atoms in total. The van der Waals surface area contributed by atoms with E-state index in [1.807, 2.05) is 49.4 Å². The van der Waals surface area contributed by atoms with Gasteiger partial charge in [0.1, 0.15) is 11.6 Å². The summed E-state index contributed by atoms with van der Waals surface area (Å²) in [5.41, 5.74) is 10.5. The van der Waals surface area contributed by atoms with Crippen molar-refractivity contribution in [3.63, 3.8) is 0 Å². The Bertz CT molecular complexity index is 1380. The number of hydrogen-bond acceptors (Lipinski definition) is 4. The quantitative estimate of drug-likeness (QED) is 0.371. The average molecular weight is 435 g/mol. The summed E-state index contributed by atoms with van der Waals surface area (Å²) >= 11 is 3.44. The van der Waals surface area contributed by atoms with Crippen LogP contribution in [0, 0.1) is 6.92 Å². The Morgan fingerprint density at radius 3 is 2.82 bits per heavy atom. The molecule has 3 heterocycles. The highest BCUT2D eigenvalue weighted by Crippen LogP contribution is 2.25. The van der Waals surface area contributed by atoms with E-state index in [-0.39, 0.29) is 5.78 Å². The Labute approximate surface area is 167 Å². The molecule has 0 amide bonds. The third kappa shape index (κ3) is 2.61. The van der Waals surface area contributed by atoms with Crippen LogP contribution in [0.4, 0.5) is 5.82 Å². The summed E-state index contributed by atoms with van der Waals surface area (Å²) in [6.45, 7) is 1.90. The predicted octanol–water partition coefficient (Wildman–Crippen LogP) is 4.11. The predicted molar refractivity (Wildman–Crippen MR) is 112 cm³/mol. The number of nitrogens with one attached hydrogen (secondary N) is 2. The molecule has 138 valence electrons. The van der Waals surface area contributed by atoms with Crippen LogP contribution in [0.15, 0.2) is 53.1 Å². The monoisotopic (exact) mass is 434 g/mol. The van der Waals surface area contributed by atoms with Crippen molar-refractivity contribution >= 4 is 49.5 Å². The number of nitrogens with two attached hydrogens (primary N) is 1. The first-order valence-electron chi connectivity index (χ1n) is 8.63. The maximum Gasteiger partial charge on any atom is 0.214 e. The Morgan fingerprint density at radius 2 is 1.96 bits per heavy atom. The number of nitrogen functional groups attached to an aromatic ring is 1. The van der Waals surface area contributed by atoms with Crippen LogP contribution in [0.1, 0.15) is 21.9 Å². The van der Waals surface area contributed by atoms with Gasteiger partial charge in [0.2, 0.25) is 5.78 Å². The third-order valence-corrected chi connectivity index (χ3v) is 5.20. The zero-order valence-corrected chi connectivity index (χ0v) is 16.4. The number of imidazole rings is 1. The number of aryl methyl sites for hydroxylation is 1. The number of carbonyl (C=O) groups excluding carboxylic acids is 1. The van der Waals surface area contributed by atoms with E-state index in [1.165, 1.54) is 6.20 Å². The Balaban J connectivity index is 1.55. The fourth-order valence-corrected chi connectivity index (χ4v) is 3.75. The fraction of sp³-hybridized carbons (Fsp3) is 0.0500. The van der Waals surface area contributed by atoms with Crippen LogP contribution < -0.4 is 5.73 Å². The van der Waals surface area contributed by atoms with Gasteiger partial charge in [0.05, 0.1) is 34.2 Å². The normalized spacial score (nSPS) is 11.5. The van der Waals surface area contributed by atoms with Crippen LogP contribution in [-0.4, -0.2) is 30.5 Å². The molecule has 0 radical (unpaired) electrons. The lowest BCUT2D eigenvalue weighted by Gasteiger charge is -2.05. The molecule has 0 atom stereocenters. The highest BCUT2D eigenvalue weighted by atomic mass is 79.9. The molecule has 5 rings (SSSR count). The van der Waals surface area contributed by atoms with Crippen LogP contribution in [0.2, 0.25) is 0 Å². The molecule has 0 unspecified atom stereocenters. The van der Waals surface area contributed by atoms with Gasteiger partial charge in [0, 0.05) is 15.4 Å². The maximum absolute atomic E-state index is 13.0. The molecule has 0 aliphatic rings. The Hall–Kier alpha value is -3.39. The van der Waals surface area contributed by atoms with Crippen molar-refractivity contribution < 1.29 is 4.79 Å². The van der Waals surface area contributed by atoms with Gasteiger partial charge >= 0.3 is 0 Å². The van der Waals surface area contributed by atoms with Crippen molar-refractivity contribution in [1.29, 1.82) is 0 Å². The van der Waals surface area contributed by atoms with E-state index in [0.29, 0.717) is 17.1 Å². The zero-order valence-electron chi connectivity index (χ0n) is 14.8. The lowest BCUT2D eigenvalue weighted by atomic mass is 10.1. The highest BCUT2D eigenvalue weighted by Gasteiger charge is 2.20. The third-order valence-electron chi connectivity index (χ3n) is 4.71. The molecular formula is C20H15BrN6O. The maximum atomic E-state index is 13.0. The number of anilines is 1. The van der Waals surface area contributed by atoms with E-state index < -0.39 is 0 Å². The molecular weight excluding hydrogens is 420 g/mol. The summed E-state index contributed by atoms with van der Waals surface area (Å²) in [5.74, 6) is 0.928. The number of aromatic amines is 2. The Kier molecular flexibility index (Phi) is 3.63. The largest absolute Gasteiger partial charge is 0.383 e. The average Bonchev–Trinajstić information content (AvgIpc) is 3.35. The van der Waals surface area contributed by atoms with E-state index >= 15 is 0 Å². The molecule has 0 saturated carbocycles. The molecule has 0 aliphatic carbocycles. The highest BCUT2D eigenvalue weighted by molar-refractivity contribution is 9.10. The number of halogens is 1. The minimum atomic E-state index is -0.200. The van der Waals surface area contributed by atoms with Crippen molar-refractivity contribution in [2.75, 3.05) is 5.73 Å². The van der Waals surface area contributed by atoms with Crippen LogP contribution in [0.3, 0.4) is 0 Å². The number of hydrogen-bond donors (Lipinski definition) is 3. The van der Waals surface area contributed by atoms with Crippen LogP contribution >= 0.6 is 15.9 Å². The molecule has 4 N–H and O–H groups in total. The lowest BCUT2D eigenvalue weighted by Crippen LogP contribution is -2.07. The number of rotatable bonds is 3. The molecule has 8 heteroatoms. The molecule has 0 saturated heterocycles. The van der Waals surface area contributed by atoms with E-state index in [0.717, 1.165) is 37.9 Å². The molecule has 0 spiro atoms. The van der Waals surface area contributed by atoms with E-state index in [9.17, 15) is 4.79 Å². The summed E-state index contributed by atoms with van der Waals surface area (Å²) in [6, 6.07) is 13.3. The summed E-state index contributed by atoms with van der Waals surface area (Å²) in [4.78, 5) is 23.7. The number of carbonyl (C=O) groups is 1. The van der Waals surface area contributed by atoms with Crippen LogP contribution in [0.5, 0.6) is 0 Å². The SMILES string of the molecule is Cc1nc2ccc(-n3ncc(C(=O)c4cc5cc(Br)ccc5[nH]4)c3N)cc2[nH]1. The van der Waals surface area contributed by atoms with Gasteiger partial charge in [-0.2, -0.15) is 5.10 Å². The first kappa shape index (κ1) is 16.8. The van der Waals surface area contributed by atoms with Crippen molar-refractivity contribution in [3.8, 4) is 5.69 Å². The number of nitrogens with zero attached hydrogens (tertiary/aromatic N) is 3. The summed E-state index contributed by atoms with van der Waals surface area (Å²) in [7, 11) is 0. The van der Waals surface area contributed by atoms with Gasteiger partial charge in [0.15, 0.2) is 0 Å². The molecule has 3 aromatic heterocycles. The van der Waals surface area contributed by atoms with Gasteiger partial charge in [-0.15, -0.1) is 0 Å². The summed E-state index contributed by atoms with van der Waals surface area (Å²) < 4.78 is 2.51. The zero-order chi connectivity index (χ0) is 19.4. The second-order valence-electron chi connectivity index (χ2n) is 6.62. The molecule has 28 heavy (non-hydrogen) atoms. The summed E-state index contributed by atoms with van der Waals surface area (Å²) in [6.07, 6.45) is 1.50. The summed E-state index contributed by atoms with van der Waals surface area (Å²) in [5, 5.41) is 5.28. The Morgan fingerprint density at radius 1 is 1.11 bits per heavy atom. The second kappa shape index (κ2) is 6.07. The number of benzene rings is 2. The van der Waals surface area contributed by atoms with Gasteiger partial charge in [0.25, 0.3) is 0 Å². The van der Waals surface area contributed by atoms with E-state index in [2.05, 4.69) is 36.0 Å². The first-order chi connectivity index (χ1) is 13.5. The lowest BCUT2D eigenvalue weighted by molar-refractivity contribution is 0.103. The molecule has 2 aromatic carbocycles. The van der Waals surface area contributed by atoms with Gasteiger partial charge < -0.3 is 15.7 Å². The van der Waals surface area contributed by atoms with Gasteiger partial charge in [-0.05, 0) is 49.4 Å². The minimum absolute atomic E-state index is 0.200. The number of aromatic nitrogens is 5. The smallest absolute Gasteiger partial charge is 0.214 e. The first-order valence-corrected chi connectivity index (χ1v) is 9.42. The van der Waals surface area contributed by atoms with Gasteiger partial charge in [-0.3, -0.25) is 4.79 Å². The number of H-pyrrole nitrogens is 2. The fourth-order valence-electron chi connectivity index (χ4n) is 3.37. The second-order valence-corrected chi connectivity index (χ2v) is 7.54. The van der Waals surface area contributed by atoms with Crippen molar-refractivity contribution in [1.82, 2.24) is 24.7 Å². The van der Waals surface area contributed by atoms with Gasteiger partial charge in [-0.1, -0.05) is 15.9 Å². The molecule has 0 bridgehead atoms. The van der Waals surface area contributed by atoms with Crippen molar-refractivity contribution in [2.45, 2.75) is 6.92 Å².